The fourth-order valence-electron chi connectivity index (χ4n) is 2.53. The average Bonchev–Trinajstić information content (AvgIpc) is 2.96. The zero-order valence-corrected chi connectivity index (χ0v) is 17.0. The maximum Gasteiger partial charge on any atom is 0.274 e. The van der Waals surface area contributed by atoms with Crippen molar-refractivity contribution in [3.05, 3.63) is 44.6 Å². The van der Waals surface area contributed by atoms with Crippen LogP contribution in [0.3, 0.4) is 0 Å². The molecule has 2 N–H and O–H groups in total. The summed E-state index contributed by atoms with van der Waals surface area (Å²) in [6.45, 7) is 1.88. The van der Waals surface area contributed by atoms with Gasteiger partial charge in [0.1, 0.15) is 10.3 Å². The Morgan fingerprint density at radius 2 is 2.00 bits per heavy atom. The lowest BCUT2D eigenvalue weighted by Crippen LogP contribution is -2.23. The van der Waals surface area contributed by atoms with Gasteiger partial charge < -0.3 is 10.6 Å². The van der Waals surface area contributed by atoms with Crippen LogP contribution in [-0.2, 0) is 6.54 Å². The topological polar surface area (TPSA) is 76.0 Å². The van der Waals surface area contributed by atoms with Gasteiger partial charge in [0.05, 0.1) is 11.3 Å². The first-order valence-electron chi connectivity index (χ1n) is 8.08. The Hall–Kier alpha value is -2.00. The SMILES string of the molecule is CNC(=O)c1cc(Cl)cc(C)c1NC(=O)c1cc(Br)nn1CCCC(F)F. The molecule has 0 aliphatic heterocycles. The molecular formula is C17H18BrClF2N4O2. The Morgan fingerprint density at radius 3 is 2.63 bits per heavy atom. The molecular weight excluding hydrogens is 446 g/mol. The molecule has 0 aliphatic rings. The Morgan fingerprint density at radius 1 is 1.30 bits per heavy atom. The van der Waals surface area contributed by atoms with Gasteiger partial charge in [-0.25, -0.2) is 8.78 Å². The maximum absolute atomic E-state index is 12.7. The molecule has 2 rings (SSSR count). The number of hydrogen-bond donors (Lipinski definition) is 2. The maximum atomic E-state index is 12.7. The molecule has 0 saturated heterocycles. The van der Waals surface area contributed by atoms with Gasteiger partial charge in [0.2, 0.25) is 6.43 Å². The highest BCUT2D eigenvalue weighted by Gasteiger charge is 2.20. The minimum Gasteiger partial charge on any atom is -0.355 e. The first-order valence-corrected chi connectivity index (χ1v) is 9.25. The van der Waals surface area contributed by atoms with E-state index in [1.54, 1.807) is 13.0 Å². The highest BCUT2D eigenvalue weighted by atomic mass is 79.9. The predicted molar refractivity (Wildman–Crippen MR) is 103 cm³/mol. The average molecular weight is 464 g/mol. The Bertz CT molecular complexity index is 858. The van der Waals surface area contributed by atoms with E-state index in [1.807, 2.05) is 0 Å². The first kappa shape index (κ1) is 21.3. The zero-order chi connectivity index (χ0) is 20.1. The number of nitrogens with zero attached hydrogens (tertiary/aromatic N) is 2. The summed E-state index contributed by atoms with van der Waals surface area (Å²) in [6, 6.07) is 4.57. The number of hydrogen-bond acceptors (Lipinski definition) is 3. The van der Waals surface area contributed by atoms with Crippen LogP contribution in [0.25, 0.3) is 0 Å². The summed E-state index contributed by atoms with van der Waals surface area (Å²) in [5, 5.41) is 9.67. The highest BCUT2D eigenvalue weighted by Crippen LogP contribution is 2.26. The van der Waals surface area contributed by atoms with Crippen molar-refractivity contribution in [2.75, 3.05) is 12.4 Å². The van der Waals surface area contributed by atoms with Crippen molar-refractivity contribution >= 4 is 45.0 Å². The van der Waals surface area contributed by atoms with Gasteiger partial charge in [0.25, 0.3) is 11.8 Å². The number of benzene rings is 1. The van der Waals surface area contributed by atoms with Crippen molar-refractivity contribution in [1.29, 1.82) is 0 Å². The molecule has 0 radical (unpaired) electrons. The van der Waals surface area contributed by atoms with Gasteiger partial charge in [-0.3, -0.25) is 14.3 Å². The Kier molecular flexibility index (Phi) is 7.32. The fraction of sp³-hybridized carbons (Fsp3) is 0.353. The van der Waals surface area contributed by atoms with Crippen LogP contribution in [0.1, 0.15) is 39.3 Å². The summed E-state index contributed by atoms with van der Waals surface area (Å²) in [6.07, 6.45) is -2.52. The van der Waals surface area contributed by atoms with Gasteiger partial charge in [0, 0.05) is 31.1 Å². The molecule has 2 aromatic rings. The summed E-state index contributed by atoms with van der Waals surface area (Å²) >= 11 is 9.20. The molecule has 27 heavy (non-hydrogen) atoms. The number of carbonyl (C=O) groups excluding carboxylic acids is 2. The number of carbonyl (C=O) groups is 2. The lowest BCUT2D eigenvalue weighted by atomic mass is 10.1. The molecule has 0 saturated carbocycles. The van der Waals surface area contributed by atoms with E-state index in [2.05, 4.69) is 31.7 Å². The molecule has 0 atom stereocenters. The van der Waals surface area contributed by atoms with Crippen molar-refractivity contribution in [3.63, 3.8) is 0 Å². The van der Waals surface area contributed by atoms with Crippen LogP contribution >= 0.6 is 27.5 Å². The van der Waals surface area contributed by atoms with Crippen LogP contribution in [0.4, 0.5) is 14.5 Å². The second kappa shape index (κ2) is 9.27. The van der Waals surface area contributed by atoms with Gasteiger partial charge >= 0.3 is 0 Å². The number of aromatic nitrogens is 2. The van der Waals surface area contributed by atoms with E-state index in [-0.39, 0.29) is 30.6 Å². The molecule has 146 valence electrons. The smallest absolute Gasteiger partial charge is 0.274 e. The molecule has 10 heteroatoms. The normalized spacial score (nSPS) is 10.9. The molecule has 6 nitrogen and oxygen atoms in total. The van der Waals surface area contributed by atoms with Gasteiger partial charge in [-0.1, -0.05) is 11.6 Å². The molecule has 1 aromatic heterocycles. The van der Waals surface area contributed by atoms with E-state index in [0.717, 1.165) is 0 Å². The highest BCUT2D eigenvalue weighted by molar-refractivity contribution is 9.10. The molecule has 2 amide bonds. The largest absolute Gasteiger partial charge is 0.355 e. The molecule has 0 spiro atoms. The van der Waals surface area contributed by atoms with E-state index in [4.69, 9.17) is 11.6 Å². The minimum absolute atomic E-state index is 0.167. The lowest BCUT2D eigenvalue weighted by Gasteiger charge is -2.14. The molecule has 0 aliphatic carbocycles. The van der Waals surface area contributed by atoms with Crippen LogP contribution in [-0.4, -0.2) is 35.1 Å². The number of alkyl halides is 2. The van der Waals surface area contributed by atoms with E-state index in [9.17, 15) is 18.4 Å². The Labute approximate surface area is 168 Å². The minimum atomic E-state index is -2.41. The third kappa shape index (κ3) is 5.49. The third-order valence-corrected chi connectivity index (χ3v) is 4.39. The van der Waals surface area contributed by atoms with Crippen LogP contribution in [0, 0.1) is 6.92 Å². The number of anilines is 1. The van der Waals surface area contributed by atoms with E-state index in [1.165, 1.54) is 23.9 Å². The molecule has 0 unspecified atom stereocenters. The van der Waals surface area contributed by atoms with Crippen molar-refractivity contribution in [2.45, 2.75) is 32.7 Å². The van der Waals surface area contributed by atoms with Crippen molar-refractivity contribution < 1.29 is 18.4 Å². The number of aryl methyl sites for hydroxylation is 2. The van der Waals surface area contributed by atoms with Gasteiger partial charge in [0.15, 0.2) is 0 Å². The van der Waals surface area contributed by atoms with Gasteiger partial charge in [-0.05, 0) is 47.0 Å². The summed E-state index contributed by atoms with van der Waals surface area (Å²) < 4.78 is 26.5. The summed E-state index contributed by atoms with van der Waals surface area (Å²) in [4.78, 5) is 24.9. The van der Waals surface area contributed by atoms with Crippen molar-refractivity contribution in [3.8, 4) is 0 Å². The molecule has 1 aromatic carbocycles. The fourth-order valence-corrected chi connectivity index (χ4v) is 3.22. The summed E-state index contributed by atoms with van der Waals surface area (Å²) in [5.41, 5.74) is 1.34. The predicted octanol–water partition coefficient (Wildman–Crippen LogP) is 4.26. The van der Waals surface area contributed by atoms with Gasteiger partial charge in [-0.2, -0.15) is 5.10 Å². The van der Waals surface area contributed by atoms with E-state index in [0.29, 0.717) is 20.9 Å². The number of nitrogens with one attached hydrogen (secondary N) is 2. The third-order valence-electron chi connectivity index (χ3n) is 3.79. The molecule has 1 heterocycles. The lowest BCUT2D eigenvalue weighted by molar-refractivity contribution is 0.0963. The van der Waals surface area contributed by atoms with Crippen LogP contribution in [0.15, 0.2) is 22.8 Å². The second-order valence-electron chi connectivity index (χ2n) is 5.79. The molecule has 0 fully saturated rings. The quantitative estimate of drug-likeness (QED) is 0.644. The monoisotopic (exact) mass is 462 g/mol. The first-order chi connectivity index (χ1) is 12.7. The second-order valence-corrected chi connectivity index (χ2v) is 7.04. The van der Waals surface area contributed by atoms with E-state index < -0.39 is 18.2 Å². The number of amides is 2. The zero-order valence-electron chi connectivity index (χ0n) is 14.7. The van der Waals surface area contributed by atoms with Crippen molar-refractivity contribution in [2.24, 2.45) is 0 Å². The summed E-state index contributed by atoms with van der Waals surface area (Å²) in [7, 11) is 1.47. The standard InChI is InChI=1S/C17H18BrClF2N4O2/c1-9-6-10(19)7-11(16(26)22-2)15(9)23-17(27)12-8-13(18)24-25(12)5-3-4-14(20)21/h6-8,14H,3-5H2,1-2H3,(H,22,26)(H,23,27). The number of rotatable bonds is 7. The number of halogens is 4. The summed E-state index contributed by atoms with van der Waals surface area (Å²) in [5.74, 6) is -0.914. The molecule has 0 bridgehead atoms. The van der Waals surface area contributed by atoms with Crippen LogP contribution in [0.2, 0.25) is 5.02 Å². The van der Waals surface area contributed by atoms with Crippen LogP contribution < -0.4 is 10.6 Å². The van der Waals surface area contributed by atoms with Crippen LogP contribution in [0.5, 0.6) is 0 Å². The van der Waals surface area contributed by atoms with E-state index >= 15 is 0 Å². The van der Waals surface area contributed by atoms with Gasteiger partial charge in [-0.15, -0.1) is 0 Å². The van der Waals surface area contributed by atoms with Crippen molar-refractivity contribution in [1.82, 2.24) is 15.1 Å². The Balaban J connectivity index is 2.29.